The van der Waals surface area contributed by atoms with E-state index in [0.29, 0.717) is 34.7 Å². The first-order valence-corrected chi connectivity index (χ1v) is 10.4. The van der Waals surface area contributed by atoms with Crippen LogP contribution in [0.2, 0.25) is 5.02 Å². The number of hydrogen-bond acceptors (Lipinski definition) is 7. The van der Waals surface area contributed by atoms with Gasteiger partial charge in [0.05, 0.1) is 22.0 Å². The number of rotatable bonds is 6. The molecular formula is C22H23ClN4O4. The molecule has 4 rings (SSSR count). The minimum absolute atomic E-state index is 0.00356. The lowest BCUT2D eigenvalue weighted by atomic mass is 10.1. The van der Waals surface area contributed by atoms with Crippen LogP contribution in [0.15, 0.2) is 42.7 Å². The molecule has 1 unspecified atom stereocenters. The van der Waals surface area contributed by atoms with Gasteiger partial charge < -0.3 is 25.2 Å². The topological polar surface area (TPSA) is 108 Å². The maximum absolute atomic E-state index is 12.1. The number of benzene rings is 2. The Morgan fingerprint density at radius 3 is 2.97 bits per heavy atom. The second-order valence-electron chi connectivity index (χ2n) is 7.44. The Bertz CT molecular complexity index is 1100. The number of nitrogens with zero attached hydrogens (tertiary/aromatic N) is 3. The molecule has 1 aromatic heterocycles. The molecule has 162 valence electrons. The van der Waals surface area contributed by atoms with E-state index >= 15 is 0 Å². The molecule has 0 aliphatic carbocycles. The molecule has 3 N–H and O–H groups in total. The third-order valence-corrected chi connectivity index (χ3v) is 5.75. The zero-order chi connectivity index (χ0) is 22.0. The van der Waals surface area contributed by atoms with Gasteiger partial charge in [0.25, 0.3) is 0 Å². The molecule has 31 heavy (non-hydrogen) atoms. The van der Waals surface area contributed by atoms with Crippen LogP contribution in [0, 0.1) is 0 Å². The number of hydrogen-bond donors (Lipinski definition) is 3. The van der Waals surface area contributed by atoms with Crippen LogP contribution in [0.4, 0.5) is 11.5 Å². The standard InChI is InChI=1S/C22H23ClN4O4/c1-13(17-5-3-9-27(17)20(30)11-28)31-19-6-2-4-16-21(19)22(25-12-24-16)26-14-7-8-18(29)15(23)10-14/h2,4,6-8,10,12-13,17,28-29H,3,5,9,11H2,1H3,(H,24,25,26)/t13-,17?/m0/s1. The van der Waals surface area contributed by atoms with Gasteiger partial charge in [-0.1, -0.05) is 17.7 Å². The number of aliphatic hydroxyl groups is 1. The molecule has 0 spiro atoms. The lowest BCUT2D eigenvalue weighted by Crippen LogP contribution is -2.45. The zero-order valence-electron chi connectivity index (χ0n) is 17.0. The van der Waals surface area contributed by atoms with Crippen molar-refractivity contribution in [3.05, 3.63) is 47.7 Å². The number of nitrogens with one attached hydrogen (secondary N) is 1. The molecule has 8 nitrogen and oxygen atoms in total. The summed E-state index contributed by atoms with van der Waals surface area (Å²) in [4.78, 5) is 22.5. The van der Waals surface area contributed by atoms with Gasteiger partial charge in [0.15, 0.2) is 0 Å². The van der Waals surface area contributed by atoms with Crippen LogP contribution in [-0.4, -0.2) is 56.3 Å². The van der Waals surface area contributed by atoms with E-state index in [1.807, 2.05) is 25.1 Å². The van der Waals surface area contributed by atoms with E-state index in [-0.39, 0.29) is 28.8 Å². The van der Waals surface area contributed by atoms with Gasteiger partial charge in [0.1, 0.15) is 36.4 Å². The van der Waals surface area contributed by atoms with Crippen molar-refractivity contribution in [2.45, 2.75) is 31.9 Å². The minimum Gasteiger partial charge on any atom is -0.506 e. The fraction of sp³-hybridized carbons (Fsp3) is 0.318. The highest BCUT2D eigenvalue weighted by molar-refractivity contribution is 6.32. The number of carbonyl (C=O) groups is 1. The number of halogens is 1. The van der Waals surface area contributed by atoms with Crippen LogP contribution in [0.3, 0.4) is 0 Å². The third-order valence-electron chi connectivity index (χ3n) is 5.44. The number of phenolic OH excluding ortho intramolecular Hbond substituents is 1. The van der Waals surface area contributed by atoms with E-state index in [4.69, 9.17) is 16.3 Å². The Labute approximate surface area is 184 Å². The highest BCUT2D eigenvalue weighted by atomic mass is 35.5. The molecule has 0 bridgehead atoms. The number of aliphatic hydroxyl groups excluding tert-OH is 1. The van der Waals surface area contributed by atoms with Gasteiger partial charge in [-0.15, -0.1) is 0 Å². The van der Waals surface area contributed by atoms with E-state index < -0.39 is 6.61 Å². The molecule has 1 aliphatic heterocycles. The number of aromatic nitrogens is 2. The van der Waals surface area contributed by atoms with Crippen molar-refractivity contribution < 1.29 is 19.7 Å². The summed E-state index contributed by atoms with van der Waals surface area (Å²) in [6, 6.07) is 10.2. The van der Waals surface area contributed by atoms with Gasteiger partial charge in [-0.05, 0) is 50.1 Å². The predicted molar refractivity (Wildman–Crippen MR) is 118 cm³/mol. The molecular weight excluding hydrogens is 420 g/mol. The van der Waals surface area contributed by atoms with Gasteiger partial charge in [-0.25, -0.2) is 9.97 Å². The predicted octanol–water partition coefficient (Wildman–Crippen LogP) is 3.48. The second-order valence-corrected chi connectivity index (χ2v) is 7.85. The maximum atomic E-state index is 12.1. The number of likely N-dealkylation sites (tertiary alicyclic amines) is 1. The molecule has 1 saturated heterocycles. The van der Waals surface area contributed by atoms with Crippen LogP contribution < -0.4 is 10.1 Å². The second kappa shape index (κ2) is 8.95. The number of aromatic hydroxyl groups is 1. The van der Waals surface area contributed by atoms with E-state index in [2.05, 4.69) is 15.3 Å². The molecule has 9 heteroatoms. The first kappa shape index (κ1) is 21.1. The van der Waals surface area contributed by atoms with Crippen LogP contribution in [0.5, 0.6) is 11.5 Å². The molecule has 1 amide bonds. The van der Waals surface area contributed by atoms with Gasteiger partial charge in [-0.3, -0.25) is 4.79 Å². The summed E-state index contributed by atoms with van der Waals surface area (Å²) in [5.41, 5.74) is 1.35. The van der Waals surface area contributed by atoms with E-state index in [9.17, 15) is 15.0 Å². The zero-order valence-corrected chi connectivity index (χ0v) is 17.7. The lowest BCUT2D eigenvalue weighted by molar-refractivity contribution is -0.136. The number of fused-ring (bicyclic) bond motifs is 1. The maximum Gasteiger partial charge on any atom is 0.248 e. The molecule has 2 heterocycles. The minimum atomic E-state index is -0.505. The smallest absolute Gasteiger partial charge is 0.248 e. The van der Waals surface area contributed by atoms with Gasteiger partial charge in [-0.2, -0.15) is 0 Å². The molecule has 1 fully saturated rings. The number of ether oxygens (including phenoxy) is 1. The average molecular weight is 443 g/mol. The Kier molecular flexibility index (Phi) is 6.11. The van der Waals surface area contributed by atoms with Crippen molar-refractivity contribution in [3.8, 4) is 11.5 Å². The fourth-order valence-corrected chi connectivity index (χ4v) is 4.13. The van der Waals surface area contributed by atoms with Crippen molar-refractivity contribution >= 4 is 39.9 Å². The number of anilines is 2. The first-order valence-electron chi connectivity index (χ1n) is 10.0. The summed E-state index contributed by atoms with van der Waals surface area (Å²) < 4.78 is 6.30. The molecule has 3 aromatic rings. The summed E-state index contributed by atoms with van der Waals surface area (Å²) in [6.45, 7) is 2.03. The van der Waals surface area contributed by atoms with Gasteiger partial charge >= 0.3 is 0 Å². The molecule has 0 saturated carbocycles. The Hall–Kier alpha value is -3.10. The van der Waals surface area contributed by atoms with Crippen LogP contribution >= 0.6 is 11.6 Å². The Balaban J connectivity index is 1.65. The summed E-state index contributed by atoms with van der Waals surface area (Å²) in [5, 5.41) is 23.0. The summed E-state index contributed by atoms with van der Waals surface area (Å²) in [6.07, 6.45) is 2.85. The van der Waals surface area contributed by atoms with Crippen LogP contribution in [0.25, 0.3) is 10.9 Å². The van der Waals surface area contributed by atoms with Crippen LogP contribution in [-0.2, 0) is 4.79 Å². The number of amides is 1. The summed E-state index contributed by atoms with van der Waals surface area (Å²) in [5.74, 6) is 0.826. The normalized spacial score (nSPS) is 17.0. The SMILES string of the molecule is C[C@H](Oc1cccc2ncnc(Nc3ccc(O)c(Cl)c3)c12)C1CCCN1C(=O)CO. The number of carbonyl (C=O) groups excluding carboxylic acids is 1. The fourth-order valence-electron chi connectivity index (χ4n) is 3.95. The van der Waals surface area contributed by atoms with E-state index in [0.717, 1.165) is 12.8 Å². The quantitative estimate of drug-likeness (QED) is 0.501. The van der Waals surface area contributed by atoms with Crippen molar-refractivity contribution in [1.82, 2.24) is 14.9 Å². The van der Waals surface area contributed by atoms with Crippen molar-refractivity contribution in [2.75, 3.05) is 18.5 Å². The monoisotopic (exact) mass is 442 g/mol. The van der Waals surface area contributed by atoms with E-state index in [1.165, 1.54) is 12.4 Å². The molecule has 1 aliphatic rings. The number of phenols is 1. The highest BCUT2D eigenvalue weighted by Crippen LogP contribution is 2.35. The largest absolute Gasteiger partial charge is 0.506 e. The lowest BCUT2D eigenvalue weighted by Gasteiger charge is -2.30. The molecule has 2 atom stereocenters. The average Bonchev–Trinajstić information content (AvgIpc) is 3.26. The Morgan fingerprint density at radius 1 is 1.35 bits per heavy atom. The van der Waals surface area contributed by atoms with Gasteiger partial charge in [0.2, 0.25) is 5.91 Å². The van der Waals surface area contributed by atoms with Crippen molar-refractivity contribution in [2.24, 2.45) is 0 Å². The molecule has 0 radical (unpaired) electrons. The summed E-state index contributed by atoms with van der Waals surface area (Å²) in [7, 11) is 0. The Morgan fingerprint density at radius 2 is 2.19 bits per heavy atom. The van der Waals surface area contributed by atoms with Crippen molar-refractivity contribution in [3.63, 3.8) is 0 Å². The van der Waals surface area contributed by atoms with Crippen molar-refractivity contribution in [1.29, 1.82) is 0 Å². The van der Waals surface area contributed by atoms with E-state index in [1.54, 1.807) is 17.0 Å². The highest BCUT2D eigenvalue weighted by Gasteiger charge is 2.33. The summed E-state index contributed by atoms with van der Waals surface area (Å²) >= 11 is 6.02. The third kappa shape index (κ3) is 4.35. The van der Waals surface area contributed by atoms with Crippen LogP contribution in [0.1, 0.15) is 19.8 Å². The van der Waals surface area contributed by atoms with Gasteiger partial charge in [0, 0.05) is 12.2 Å². The first-order chi connectivity index (χ1) is 15.0. The molecule has 2 aromatic carbocycles.